The van der Waals surface area contributed by atoms with Gasteiger partial charge in [-0.2, -0.15) is 0 Å². The van der Waals surface area contributed by atoms with E-state index in [1.165, 1.54) is 11.1 Å². The maximum atomic E-state index is 13.1. The maximum Gasteiger partial charge on any atom is 0.313 e. The van der Waals surface area contributed by atoms with Gasteiger partial charge in [0.25, 0.3) is 0 Å². The third-order valence-electron chi connectivity index (χ3n) is 7.14. The molecule has 0 bridgehead atoms. The zero-order valence-corrected chi connectivity index (χ0v) is 19.9. The molecule has 1 atom stereocenters. The van der Waals surface area contributed by atoms with Crippen LogP contribution in [0.3, 0.4) is 0 Å². The van der Waals surface area contributed by atoms with E-state index in [-0.39, 0.29) is 5.97 Å². The van der Waals surface area contributed by atoms with Crippen LogP contribution in [0.15, 0.2) is 60.9 Å². The Balaban J connectivity index is 1.38. The molecule has 0 amide bonds. The Morgan fingerprint density at radius 1 is 1.15 bits per heavy atom. The van der Waals surface area contributed by atoms with E-state index in [4.69, 9.17) is 4.74 Å². The number of benzene rings is 1. The van der Waals surface area contributed by atoms with Gasteiger partial charge in [0, 0.05) is 31.5 Å². The molecule has 1 aromatic heterocycles. The molecule has 5 nitrogen and oxygen atoms in total. The van der Waals surface area contributed by atoms with Gasteiger partial charge in [-0.15, -0.1) is 0 Å². The fraction of sp³-hybridized carbons (Fsp3) is 0.500. The lowest BCUT2D eigenvalue weighted by molar-refractivity contribution is -0.160. The van der Waals surface area contributed by atoms with Crippen LogP contribution in [0.1, 0.15) is 50.2 Å². The number of esters is 1. The molecule has 33 heavy (non-hydrogen) atoms. The number of piperidine rings is 2. The molecular formula is C28H37N3O2. The fourth-order valence-electron chi connectivity index (χ4n) is 5.36. The molecule has 2 fully saturated rings. The van der Waals surface area contributed by atoms with Gasteiger partial charge >= 0.3 is 5.97 Å². The van der Waals surface area contributed by atoms with Crippen LogP contribution < -0.4 is 0 Å². The van der Waals surface area contributed by atoms with Gasteiger partial charge in [-0.3, -0.25) is 19.6 Å². The minimum absolute atomic E-state index is 0.0265. The van der Waals surface area contributed by atoms with Crippen LogP contribution in [0.4, 0.5) is 0 Å². The summed E-state index contributed by atoms with van der Waals surface area (Å²) in [7, 11) is 0. The smallest absolute Gasteiger partial charge is 0.313 e. The predicted molar refractivity (Wildman–Crippen MR) is 133 cm³/mol. The molecule has 0 aliphatic carbocycles. The number of likely N-dealkylation sites (tertiary alicyclic amines) is 2. The van der Waals surface area contributed by atoms with Gasteiger partial charge in [0.15, 0.2) is 0 Å². The van der Waals surface area contributed by atoms with Crippen LogP contribution in [0, 0.1) is 5.41 Å². The summed E-state index contributed by atoms with van der Waals surface area (Å²) >= 11 is 0. The van der Waals surface area contributed by atoms with Gasteiger partial charge < -0.3 is 4.74 Å². The van der Waals surface area contributed by atoms with Crippen molar-refractivity contribution in [3.8, 4) is 0 Å². The Labute approximate surface area is 198 Å². The number of carbonyl (C=O) groups is 1. The highest BCUT2D eigenvalue weighted by Gasteiger charge is 2.44. The number of aromatic nitrogens is 1. The number of hydrogen-bond donors (Lipinski definition) is 0. The van der Waals surface area contributed by atoms with Crippen molar-refractivity contribution >= 4 is 12.0 Å². The number of ether oxygens (including phenoxy) is 1. The van der Waals surface area contributed by atoms with Crippen molar-refractivity contribution in [2.45, 2.75) is 51.6 Å². The second kappa shape index (κ2) is 11.6. The maximum absolute atomic E-state index is 13.1. The monoisotopic (exact) mass is 447 g/mol. The zero-order chi connectivity index (χ0) is 22.9. The molecule has 4 rings (SSSR count). The molecule has 0 radical (unpaired) electrons. The van der Waals surface area contributed by atoms with Crippen molar-refractivity contribution in [1.29, 1.82) is 0 Å². The van der Waals surface area contributed by atoms with Gasteiger partial charge in [0.2, 0.25) is 0 Å². The van der Waals surface area contributed by atoms with Crippen LogP contribution in [0.5, 0.6) is 0 Å². The van der Waals surface area contributed by atoms with Crippen molar-refractivity contribution in [1.82, 2.24) is 14.8 Å². The summed E-state index contributed by atoms with van der Waals surface area (Å²) in [6.45, 7) is 7.39. The number of hydrogen-bond acceptors (Lipinski definition) is 5. The summed E-state index contributed by atoms with van der Waals surface area (Å²) in [5.41, 5.74) is 2.01. The van der Waals surface area contributed by atoms with E-state index >= 15 is 0 Å². The highest BCUT2D eigenvalue weighted by molar-refractivity contribution is 5.78. The molecule has 3 heterocycles. The minimum atomic E-state index is -0.438. The van der Waals surface area contributed by atoms with E-state index in [2.05, 4.69) is 45.1 Å². The molecule has 2 saturated heterocycles. The minimum Gasteiger partial charge on any atom is -0.466 e. The van der Waals surface area contributed by atoms with Crippen molar-refractivity contribution in [2.75, 3.05) is 32.8 Å². The Hall–Kier alpha value is -2.50. The summed E-state index contributed by atoms with van der Waals surface area (Å²) in [5.74, 6) is -0.0265. The Kier molecular flexibility index (Phi) is 8.30. The number of rotatable bonds is 8. The second-order valence-corrected chi connectivity index (χ2v) is 9.46. The largest absolute Gasteiger partial charge is 0.466 e. The van der Waals surface area contributed by atoms with Crippen LogP contribution in [0.2, 0.25) is 0 Å². The van der Waals surface area contributed by atoms with Crippen molar-refractivity contribution in [2.24, 2.45) is 5.41 Å². The average molecular weight is 448 g/mol. The van der Waals surface area contributed by atoms with E-state index in [0.717, 1.165) is 64.8 Å². The van der Waals surface area contributed by atoms with Crippen molar-refractivity contribution in [3.05, 3.63) is 72.1 Å². The first-order chi connectivity index (χ1) is 16.2. The lowest BCUT2D eigenvalue weighted by Gasteiger charge is -2.46. The lowest BCUT2D eigenvalue weighted by atomic mass is 9.76. The topological polar surface area (TPSA) is 45.7 Å². The molecule has 1 aromatic carbocycles. The number of carbonyl (C=O) groups excluding carboxylic acids is 1. The summed E-state index contributed by atoms with van der Waals surface area (Å²) in [6.07, 6.45) is 13.1. The van der Waals surface area contributed by atoms with E-state index in [9.17, 15) is 4.79 Å². The molecule has 176 valence electrons. The Bertz CT molecular complexity index is 894. The van der Waals surface area contributed by atoms with E-state index in [0.29, 0.717) is 12.6 Å². The predicted octanol–water partition coefficient (Wildman–Crippen LogP) is 4.79. The van der Waals surface area contributed by atoms with Gasteiger partial charge in [0.1, 0.15) is 0 Å². The number of nitrogens with zero attached hydrogens (tertiary/aromatic N) is 3. The summed E-state index contributed by atoms with van der Waals surface area (Å²) in [5, 5.41) is 0. The SMILES string of the molecule is CCOC(=O)C1(CC=Cc2ccccc2)CCCN(C2CCN(Cc3cccnc3)CC2)C1. The highest BCUT2D eigenvalue weighted by Crippen LogP contribution is 2.37. The van der Waals surface area contributed by atoms with E-state index in [1.807, 2.05) is 43.6 Å². The quantitative estimate of drug-likeness (QED) is 0.544. The van der Waals surface area contributed by atoms with Crippen LogP contribution in [-0.4, -0.2) is 59.6 Å². The van der Waals surface area contributed by atoms with Crippen LogP contribution in [0.25, 0.3) is 6.08 Å². The van der Waals surface area contributed by atoms with Crippen LogP contribution in [-0.2, 0) is 16.1 Å². The standard InChI is InChI=1S/C28H37N3O2/c1-2-33-27(32)28(15-6-11-24-9-4-3-5-10-24)16-8-18-31(23-28)26-13-19-30(20-14-26)22-25-12-7-17-29-21-25/h3-7,9-12,17,21,26H,2,8,13-16,18-20,22-23H2,1H3. The molecule has 2 aliphatic rings. The summed E-state index contributed by atoms with van der Waals surface area (Å²) in [4.78, 5) is 22.5. The molecule has 5 heteroatoms. The molecular weight excluding hydrogens is 410 g/mol. The van der Waals surface area contributed by atoms with Gasteiger partial charge in [-0.25, -0.2) is 0 Å². The molecule has 0 N–H and O–H groups in total. The molecule has 2 aliphatic heterocycles. The second-order valence-electron chi connectivity index (χ2n) is 9.46. The molecule has 0 spiro atoms. The fourth-order valence-corrected chi connectivity index (χ4v) is 5.36. The first kappa shape index (κ1) is 23.7. The van der Waals surface area contributed by atoms with E-state index < -0.39 is 5.41 Å². The van der Waals surface area contributed by atoms with Gasteiger partial charge in [-0.05, 0) is 75.9 Å². The summed E-state index contributed by atoms with van der Waals surface area (Å²) in [6, 6.07) is 15.0. The van der Waals surface area contributed by atoms with Crippen molar-refractivity contribution < 1.29 is 9.53 Å². The third-order valence-corrected chi connectivity index (χ3v) is 7.14. The first-order valence-corrected chi connectivity index (χ1v) is 12.4. The van der Waals surface area contributed by atoms with Crippen LogP contribution >= 0.6 is 0 Å². The number of pyridine rings is 1. The van der Waals surface area contributed by atoms with Gasteiger partial charge in [0.05, 0.1) is 12.0 Å². The van der Waals surface area contributed by atoms with E-state index in [1.54, 1.807) is 0 Å². The summed E-state index contributed by atoms with van der Waals surface area (Å²) < 4.78 is 5.59. The Morgan fingerprint density at radius 3 is 2.70 bits per heavy atom. The molecule has 0 saturated carbocycles. The molecule has 1 unspecified atom stereocenters. The Morgan fingerprint density at radius 2 is 1.97 bits per heavy atom. The third kappa shape index (κ3) is 6.30. The zero-order valence-electron chi connectivity index (χ0n) is 19.9. The van der Waals surface area contributed by atoms with Gasteiger partial charge in [-0.1, -0.05) is 48.6 Å². The number of allylic oxidation sites excluding steroid dienone is 1. The average Bonchev–Trinajstić information content (AvgIpc) is 2.86. The van der Waals surface area contributed by atoms with Crippen molar-refractivity contribution in [3.63, 3.8) is 0 Å². The normalized spacial score (nSPS) is 23.1. The highest BCUT2D eigenvalue weighted by atomic mass is 16.5. The first-order valence-electron chi connectivity index (χ1n) is 12.4. The molecule has 2 aromatic rings. The lowest BCUT2D eigenvalue weighted by Crippen LogP contribution is -2.54.